The molecule has 1 unspecified atom stereocenters. The van der Waals surface area contributed by atoms with Gasteiger partial charge in [-0.05, 0) is 35.1 Å². The molecule has 1 aliphatic rings. The van der Waals surface area contributed by atoms with E-state index in [1.807, 2.05) is 41.8 Å². The van der Waals surface area contributed by atoms with Crippen LogP contribution in [0.2, 0.25) is 0 Å². The number of carbonyl (C=O) groups is 2. The minimum atomic E-state index is -0.366. The molecular formula is C19H22N2O3S. The van der Waals surface area contributed by atoms with Crippen LogP contribution in [0.5, 0.6) is 0 Å². The van der Waals surface area contributed by atoms with E-state index in [1.54, 1.807) is 16.2 Å². The SMILES string of the molecule is CC(C)c1ccc(N2CC(CNC(=O)Cc3cccs3)OC2=O)cc1. The second-order valence-corrected chi connectivity index (χ2v) is 7.46. The van der Waals surface area contributed by atoms with Gasteiger partial charge in [0.25, 0.3) is 0 Å². The molecule has 2 aromatic rings. The van der Waals surface area contributed by atoms with Crippen molar-refractivity contribution in [3.8, 4) is 0 Å². The van der Waals surface area contributed by atoms with E-state index in [0.717, 1.165) is 10.6 Å². The van der Waals surface area contributed by atoms with Crippen LogP contribution in [-0.4, -0.2) is 31.2 Å². The summed E-state index contributed by atoms with van der Waals surface area (Å²) in [6.45, 7) is 5.04. The molecule has 25 heavy (non-hydrogen) atoms. The maximum atomic E-state index is 12.1. The zero-order chi connectivity index (χ0) is 17.8. The highest BCUT2D eigenvalue weighted by Crippen LogP contribution is 2.24. The summed E-state index contributed by atoms with van der Waals surface area (Å²) in [7, 11) is 0. The lowest BCUT2D eigenvalue weighted by molar-refractivity contribution is -0.120. The Morgan fingerprint density at radius 1 is 1.32 bits per heavy atom. The predicted octanol–water partition coefficient (Wildman–Crippen LogP) is 3.56. The molecule has 1 saturated heterocycles. The first-order valence-corrected chi connectivity index (χ1v) is 9.28. The first kappa shape index (κ1) is 17.5. The van der Waals surface area contributed by atoms with Crippen LogP contribution in [0.3, 0.4) is 0 Å². The number of benzene rings is 1. The van der Waals surface area contributed by atoms with Crippen molar-refractivity contribution in [2.75, 3.05) is 18.0 Å². The van der Waals surface area contributed by atoms with Crippen molar-refractivity contribution < 1.29 is 14.3 Å². The molecule has 2 heterocycles. The molecule has 1 atom stereocenters. The molecule has 1 aromatic heterocycles. The normalized spacial score (nSPS) is 17.0. The van der Waals surface area contributed by atoms with Crippen molar-refractivity contribution in [2.24, 2.45) is 0 Å². The number of nitrogens with one attached hydrogen (secondary N) is 1. The van der Waals surface area contributed by atoms with E-state index in [2.05, 4.69) is 19.2 Å². The Kier molecular flexibility index (Phi) is 5.38. The highest BCUT2D eigenvalue weighted by Gasteiger charge is 2.32. The van der Waals surface area contributed by atoms with E-state index in [9.17, 15) is 9.59 Å². The molecular weight excluding hydrogens is 336 g/mol. The van der Waals surface area contributed by atoms with Crippen LogP contribution in [-0.2, 0) is 16.0 Å². The van der Waals surface area contributed by atoms with Gasteiger partial charge in [0.15, 0.2) is 0 Å². The molecule has 0 saturated carbocycles. The van der Waals surface area contributed by atoms with E-state index in [-0.39, 0.29) is 18.1 Å². The third-order valence-electron chi connectivity index (χ3n) is 4.19. The van der Waals surface area contributed by atoms with Crippen LogP contribution in [0.1, 0.15) is 30.2 Å². The van der Waals surface area contributed by atoms with E-state index in [0.29, 0.717) is 25.4 Å². The van der Waals surface area contributed by atoms with Crippen molar-refractivity contribution in [1.29, 1.82) is 0 Å². The van der Waals surface area contributed by atoms with Gasteiger partial charge in [-0.3, -0.25) is 9.69 Å². The summed E-state index contributed by atoms with van der Waals surface area (Å²) in [4.78, 5) is 26.7. The lowest BCUT2D eigenvalue weighted by Gasteiger charge is -2.14. The summed E-state index contributed by atoms with van der Waals surface area (Å²) < 4.78 is 5.37. The molecule has 0 bridgehead atoms. The summed E-state index contributed by atoms with van der Waals surface area (Å²) in [6.07, 6.45) is -0.335. The van der Waals surface area contributed by atoms with E-state index in [1.165, 1.54) is 5.56 Å². The number of rotatable bonds is 6. The van der Waals surface area contributed by atoms with E-state index >= 15 is 0 Å². The van der Waals surface area contributed by atoms with Crippen LogP contribution >= 0.6 is 11.3 Å². The highest BCUT2D eigenvalue weighted by atomic mass is 32.1. The fourth-order valence-electron chi connectivity index (χ4n) is 2.74. The largest absolute Gasteiger partial charge is 0.442 e. The van der Waals surface area contributed by atoms with Gasteiger partial charge in [-0.1, -0.05) is 32.0 Å². The molecule has 0 spiro atoms. The summed E-state index contributed by atoms with van der Waals surface area (Å²) in [6, 6.07) is 11.8. The van der Waals surface area contributed by atoms with Crippen molar-refractivity contribution in [2.45, 2.75) is 32.3 Å². The van der Waals surface area contributed by atoms with Crippen LogP contribution in [0.25, 0.3) is 0 Å². The molecule has 0 aliphatic carbocycles. The van der Waals surface area contributed by atoms with Crippen LogP contribution in [0.15, 0.2) is 41.8 Å². The number of anilines is 1. The van der Waals surface area contributed by atoms with Crippen LogP contribution in [0, 0.1) is 0 Å². The lowest BCUT2D eigenvalue weighted by atomic mass is 10.0. The smallest absolute Gasteiger partial charge is 0.414 e. The Labute approximate surface area is 151 Å². The Hall–Kier alpha value is -2.34. The minimum absolute atomic E-state index is 0.0572. The van der Waals surface area contributed by atoms with Gasteiger partial charge in [0.05, 0.1) is 19.5 Å². The maximum Gasteiger partial charge on any atom is 0.414 e. The Balaban J connectivity index is 1.52. The van der Waals surface area contributed by atoms with Gasteiger partial charge in [0.2, 0.25) is 5.91 Å². The summed E-state index contributed by atoms with van der Waals surface area (Å²) in [5, 5.41) is 4.79. The summed E-state index contributed by atoms with van der Waals surface area (Å²) >= 11 is 1.56. The van der Waals surface area contributed by atoms with Gasteiger partial charge in [-0.25, -0.2) is 4.79 Å². The number of hydrogen-bond donors (Lipinski definition) is 1. The standard InChI is InChI=1S/C19H22N2O3S/c1-13(2)14-5-7-15(8-6-14)21-12-16(24-19(21)23)11-20-18(22)10-17-4-3-9-25-17/h3-9,13,16H,10-12H2,1-2H3,(H,20,22). The number of amides is 2. The molecule has 1 aromatic carbocycles. The number of nitrogens with zero attached hydrogens (tertiary/aromatic N) is 1. The Bertz CT molecular complexity index is 726. The predicted molar refractivity (Wildman–Crippen MR) is 99.2 cm³/mol. The second-order valence-electron chi connectivity index (χ2n) is 6.42. The summed E-state index contributed by atoms with van der Waals surface area (Å²) in [5.74, 6) is 0.393. The van der Waals surface area contributed by atoms with Crippen molar-refractivity contribution >= 4 is 29.0 Å². The second kappa shape index (κ2) is 7.70. The Morgan fingerprint density at radius 3 is 2.72 bits per heavy atom. The quantitative estimate of drug-likeness (QED) is 0.859. The molecule has 2 amide bonds. The van der Waals surface area contributed by atoms with E-state index in [4.69, 9.17) is 4.74 Å². The average molecular weight is 358 g/mol. The van der Waals surface area contributed by atoms with Crippen LogP contribution < -0.4 is 10.2 Å². The Morgan fingerprint density at radius 2 is 2.08 bits per heavy atom. The van der Waals surface area contributed by atoms with Crippen molar-refractivity contribution in [3.63, 3.8) is 0 Å². The molecule has 132 valence electrons. The molecule has 6 heteroatoms. The van der Waals surface area contributed by atoms with Crippen molar-refractivity contribution in [3.05, 3.63) is 52.2 Å². The molecule has 0 radical (unpaired) electrons. The molecule has 1 aliphatic heterocycles. The summed E-state index contributed by atoms with van der Waals surface area (Å²) in [5.41, 5.74) is 2.05. The fraction of sp³-hybridized carbons (Fsp3) is 0.368. The number of ether oxygens (including phenoxy) is 1. The van der Waals surface area contributed by atoms with Gasteiger partial charge in [0.1, 0.15) is 6.10 Å². The zero-order valence-corrected chi connectivity index (χ0v) is 15.2. The number of hydrogen-bond acceptors (Lipinski definition) is 4. The van der Waals surface area contributed by atoms with Crippen LogP contribution in [0.4, 0.5) is 10.5 Å². The molecule has 5 nitrogen and oxygen atoms in total. The van der Waals surface area contributed by atoms with Gasteiger partial charge in [-0.2, -0.15) is 0 Å². The highest BCUT2D eigenvalue weighted by molar-refractivity contribution is 7.10. The number of cyclic esters (lactones) is 1. The van der Waals surface area contributed by atoms with Gasteiger partial charge >= 0.3 is 6.09 Å². The van der Waals surface area contributed by atoms with Crippen molar-refractivity contribution in [1.82, 2.24) is 5.32 Å². The lowest BCUT2D eigenvalue weighted by Crippen LogP contribution is -2.35. The van der Waals surface area contributed by atoms with E-state index < -0.39 is 0 Å². The zero-order valence-electron chi connectivity index (χ0n) is 14.4. The van der Waals surface area contributed by atoms with Gasteiger partial charge in [-0.15, -0.1) is 11.3 Å². The fourth-order valence-corrected chi connectivity index (χ4v) is 3.44. The minimum Gasteiger partial charge on any atom is -0.442 e. The monoisotopic (exact) mass is 358 g/mol. The first-order chi connectivity index (χ1) is 12.0. The maximum absolute atomic E-state index is 12.1. The molecule has 1 fully saturated rings. The van der Waals surface area contributed by atoms with Gasteiger partial charge < -0.3 is 10.1 Å². The number of thiophene rings is 1. The first-order valence-electron chi connectivity index (χ1n) is 8.40. The number of carbonyl (C=O) groups excluding carboxylic acids is 2. The molecule has 1 N–H and O–H groups in total. The third-order valence-corrected chi connectivity index (χ3v) is 5.06. The third kappa shape index (κ3) is 4.39. The average Bonchev–Trinajstić information content (AvgIpc) is 3.22. The van der Waals surface area contributed by atoms with Gasteiger partial charge in [0, 0.05) is 10.6 Å². The molecule has 3 rings (SSSR count). The topological polar surface area (TPSA) is 58.6 Å².